The lowest BCUT2D eigenvalue weighted by Gasteiger charge is -2.18. The molecule has 4 rings (SSSR count). The first-order valence-electron chi connectivity index (χ1n) is 7.62. The number of nitrogen functional groups attached to an aromatic ring is 1. The van der Waals surface area contributed by atoms with Crippen LogP contribution in [0.5, 0.6) is 5.75 Å². The van der Waals surface area contributed by atoms with Gasteiger partial charge in [-0.25, -0.2) is 4.98 Å². The molecule has 1 aliphatic carbocycles. The maximum absolute atomic E-state index is 6.38. The van der Waals surface area contributed by atoms with Gasteiger partial charge in [-0.3, -0.25) is 0 Å². The number of anilines is 1. The minimum absolute atomic E-state index is 0.151. The van der Waals surface area contributed by atoms with Crippen molar-refractivity contribution in [2.75, 3.05) is 5.73 Å². The highest BCUT2D eigenvalue weighted by molar-refractivity contribution is 5.78. The number of nitrogens with zero attached hydrogens (tertiary/aromatic N) is 2. The van der Waals surface area contributed by atoms with E-state index >= 15 is 0 Å². The number of rotatable bonds is 2. The Balaban J connectivity index is 1.86. The lowest BCUT2D eigenvalue weighted by Crippen LogP contribution is -2.24. The van der Waals surface area contributed by atoms with E-state index in [9.17, 15) is 0 Å². The Bertz CT molecular complexity index is 726. The molecule has 2 heterocycles. The highest BCUT2D eigenvalue weighted by Gasteiger charge is 2.34. The second kappa shape index (κ2) is 4.03. The van der Waals surface area contributed by atoms with Crippen molar-refractivity contribution in [2.45, 2.75) is 51.7 Å². The van der Waals surface area contributed by atoms with Gasteiger partial charge in [0.05, 0.1) is 0 Å². The van der Waals surface area contributed by atoms with Gasteiger partial charge in [0.25, 0.3) is 0 Å². The van der Waals surface area contributed by atoms with Gasteiger partial charge in [0, 0.05) is 18.0 Å². The fraction of sp³-hybridized carbons (Fsp3) is 0.471. The number of ether oxygens (including phenoxy) is 1. The van der Waals surface area contributed by atoms with Gasteiger partial charge in [-0.1, -0.05) is 12.1 Å². The summed E-state index contributed by atoms with van der Waals surface area (Å²) in [6.45, 7) is 6.27. The standard InChI is InChI=1S/C17H21N3O/c1-10-19-14(16(18)20(10)12-7-8-12)13-6-4-5-11-9-17(2,3)21-15(11)13/h4-6,12H,7-9,18H2,1-3H3. The van der Waals surface area contributed by atoms with Crippen LogP contribution in [0.2, 0.25) is 0 Å². The first kappa shape index (κ1) is 12.7. The first-order valence-corrected chi connectivity index (χ1v) is 7.62. The fourth-order valence-corrected chi connectivity index (χ4v) is 3.36. The second-order valence-electron chi connectivity index (χ2n) is 6.83. The smallest absolute Gasteiger partial charge is 0.133 e. The maximum Gasteiger partial charge on any atom is 0.133 e. The van der Waals surface area contributed by atoms with E-state index in [2.05, 4.69) is 36.6 Å². The molecular formula is C17H21N3O. The summed E-state index contributed by atoms with van der Waals surface area (Å²) in [6.07, 6.45) is 3.34. The van der Waals surface area contributed by atoms with Crippen molar-refractivity contribution in [3.05, 3.63) is 29.6 Å². The quantitative estimate of drug-likeness (QED) is 0.918. The summed E-state index contributed by atoms with van der Waals surface area (Å²) < 4.78 is 8.33. The van der Waals surface area contributed by atoms with E-state index in [0.717, 1.165) is 35.1 Å². The Kier molecular flexibility index (Phi) is 2.44. The topological polar surface area (TPSA) is 53.1 Å². The number of para-hydroxylation sites is 1. The van der Waals surface area contributed by atoms with Crippen molar-refractivity contribution in [2.24, 2.45) is 0 Å². The minimum atomic E-state index is -0.151. The van der Waals surface area contributed by atoms with Crippen LogP contribution in [0.3, 0.4) is 0 Å². The zero-order valence-electron chi connectivity index (χ0n) is 12.8. The van der Waals surface area contributed by atoms with Crippen molar-refractivity contribution >= 4 is 5.82 Å². The third-order valence-electron chi connectivity index (χ3n) is 4.38. The Morgan fingerprint density at radius 3 is 2.81 bits per heavy atom. The van der Waals surface area contributed by atoms with Crippen LogP contribution in [0.4, 0.5) is 5.82 Å². The molecule has 1 fully saturated rings. The number of hydrogen-bond donors (Lipinski definition) is 1. The van der Waals surface area contributed by atoms with Crippen LogP contribution < -0.4 is 10.5 Å². The third-order valence-corrected chi connectivity index (χ3v) is 4.38. The van der Waals surface area contributed by atoms with E-state index in [1.165, 1.54) is 18.4 Å². The van der Waals surface area contributed by atoms with E-state index in [0.29, 0.717) is 6.04 Å². The molecule has 4 heteroatoms. The van der Waals surface area contributed by atoms with Gasteiger partial charge in [-0.15, -0.1) is 0 Å². The largest absolute Gasteiger partial charge is 0.487 e. The van der Waals surface area contributed by atoms with Crippen LogP contribution in [-0.4, -0.2) is 15.2 Å². The number of benzene rings is 1. The van der Waals surface area contributed by atoms with E-state index in [4.69, 9.17) is 15.5 Å². The van der Waals surface area contributed by atoms with Crippen molar-refractivity contribution in [3.8, 4) is 17.0 Å². The zero-order valence-corrected chi connectivity index (χ0v) is 12.8. The van der Waals surface area contributed by atoms with E-state index in [1.54, 1.807) is 0 Å². The fourth-order valence-electron chi connectivity index (χ4n) is 3.36. The number of imidazole rings is 1. The van der Waals surface area contributed by atoms with E-state index < -0.39 is 0 Å². The number of fused-ring (bicyclic) bond motifs is 1. The summed E-state index contributed by atoms with van der Waals surface area (Å²) in [5.41, 5.74) is 9.37. The van der Waals surface area contributed by atoms with Gasteiger partial charge in [0.1, 0.15) is 28.7 Å². The minimum Gasteiger partial charge on any atom is -0.487 e. The number of aryl methyl sites for hydroxylation is 1. The molecule has 2 aromatic rings. The van der Waals surface area contributed by atoms with Crippen molar-refractivity contribution in [3.63, 3.8) is 0 Å². The normalized spacial score (nSPS) is 19.4. The van der Waals surface area contributed by atoms with Gasteiger partial charge in [0.15, 0.2) is 0 Å². The Hall–Kier alpha value is -1.97. The number of hydrogen-bond acceptors (Lipinski definition) is 3. The maximum atomic E-state index is 6.38. The van der Waals surface area contributed by atoms with Crippen LogP contribution in [0, 0.1) is 6.92 Å². The summed E-state index contributed by atoms with van der Waals surface area (Å²) in [4.78, 5) is 4.72. The summed E-state index contributed by atoms with van der Waals surface area (Å²) in [5, 5.41) is 0. The molecule has 0 saturated heterocycles. The molecule has 0 amide bonds. The molecule has 1 saturated carbocycles. The van der Waals surface area contributed by atoms with Crippen LogP contribution in [-0.2, 0) is 6.42 Å². The number of nitrogens with two attached hydrogens (primary N) is 1. The van der Waals surface area contributed by atoms with Gasteiger partial charge < -0.3 is 15.0 Å². The lowest BCUT2D eigenvalue weighted by atomic mass is 10.00. The highest BCUT2D eigenvalue weighted by atomic mass is 16.5. The molecule has 0 bridgehead atoms. The predicted molar refractivity (Wildman–Crippen MR) is 83.5 cm³/mol. The molecular weight excluding hydrogens is 262 g/mol. The molecule has 4 nitrogen and oxygen atoms in total. The van der Waals surface area contributed by atoms with Gasteiger partial charge in [-0.05, 0) is 45.2 Å². The lowest BCUT2D eigenvalue weighted by molar-refractivity contribution is 0.139. The average molecular weight is 283 g/mol. The molecule has 0 spiro atoms. The molecule has 110 valence electrons. The van der Waals surface area contributed by atoms with Crippen molar-refractivity contribution in [1.82, 2.24) is 9.55 Å². The molecule has 0 unspecified atom stereocenters. The zero-order chi connectivity index (χ0) is 14.8. The monoisotopic (exact) mass is 283 g/mol. The van der Waals surface area contributed by atoms with E-state index in [1.807, 2.05) is 6.92 Å². The van der Waals surface area contributed by atoms with E-state index in [-0.39, 0.29) is 5.60 Å². The number of aromatic nitrogens is 2. The summed E-state index contributed by atoms with van der Waals surface area (Å²) in [6, 6.07) is 6.81. The summed E-state index contributed by atoms with van der Waals surface area (Å²) >= 11 is 0. The molecule has 1 aromatic heterocycles. The molecule has 0 atom stereocenters. The first-order chi connectivity index (χ1) is 9.96. The van der Waals surface area contributed by atoms with Crippen LogP contribution in [0.15, 0.2) is 18.2 Å². The van der Waals surface area contributed by atoms with Gasteiger partial charge in [0.2, 0.25) is 0 Å². The SMILES string of the molecule is Cc1nc(-c2cccc3c2OC(C)(C)C3)c(N)n1C1CC1. The van der Waals surface area contributed by atoms with Crippen LogP contribution in [0.25, 0.3) is 11.3 Å². The second-order valence-corrected chi connectivity index (χ2v) is 6.83. The van der Waals surface area contributed by atoms with Gasteiger partial charge in [-0.2, -0.15) is 0 Å². The predicted octanol–water partition coefficient (Wildman–Crippen LogP) is 3.49. The van der Waals surface area contributed by atoms with Crippen molar-refractivity contribution < 1.29 is 4.74 Å². The Morgan fingerprint density at radius 1 is 1.33 bits per heavy atom. The summed E-state index contributed by atoms with van der Waals surface area (Å²) in [5.74, 6) is 2.73. The summed E-state index contributed by atoms with van der Waals surface area (Å²) in [7, 11) is 0. The van der Waals surface area contributed by atoms with Crippen molar-refractivity contribution in [1.29, 1.82) is 0 Å². The molecule has 1 aliphatic heterocycles. The molecule has 2 aliphatic rings. The Labute approximate surface area is 124 Å². The molecule has 0 radical (unpaired) electrons. The van der Waals surface area contributed by atoms with Crippen LogP contribution >= 0.6 is 0 Å². The van der Waals surface area contributed by atoms with Gasteiger partial charge >= 0.3 is 0 Å². The average Bonchev–Trinajstić information content (AvgIpc) is 3.11. The van der Waals surface area contributed by atoms with Crippen LogP contribution in [0.1, 0.15) is 44.1 Å². The molecule has 2 N–H and O–H groups in total. The molecule has 1 aromatic carbocycles. The third kappa shape index (κ3) is 1.93. The highest BCUT2D eigenvalue weighted by Crippen LogP contribution is 2.46. The Morgan fingerprint density at radius 2 is 2.10 bits per heavy atom. The molecule has 21 heavy (non-hydrogen) atoms.